The summed E-state index contributed by atoms with van der Waals surface area (Å²) in [5.41, 5.74) is 6.40. The summed E-state index contributed by atoms with van der Waals surface area (Å²) in [6, 6.07) is 5.78. The van der Waals surface area contributed by atoms with Crippen molar-refractivity contribution < 1.29 is 14.6 Å². The van der Waals surface area contributed by atoms with Gasteiger partial charge in [0.25, 0.3) is 0 Å². The average Bonchev–Trinajstić information content (AvgIpc) is 2.50. The molecule has 0 radical (unpaired) electrons. The Hall–Kier alpha value is -1.55. The highest BCUT2D eigenvalue weighted by Gasteiger charge is 2.32. The first-order valence-corrected chi connectivity index (χ1v) is 6.03. The van der Waals surface area contributed by atoms with E-state index in [1.807, 2.05) is 32.0 Å². The molecule has 0 bridgehead atoms. The van der Waals surface area contributed by atoms with Crippen LogP contribution in [0.3, 0.4) is 0 Å². The predicted octanol–water partition coefficient (Wildman–Crippen LogP) is 1.74. The van der Waals surface area contributed by atoms with Gasteiger partial charge in [-0.2, -0.15) is 0 Å². The van der Waals surface area contributed by atoms with Gasteiger partial charge >= 0.3 is 5.97 Å². The highest BCUT2D eigenvalue weighted by Crippen LogP contribution is 2.35. The molecule has 1 atom stereocenters. The molecule has 18 heavy (non-hydrogen) atoms. The van der Waals surface area contributed by atoms with Crippen LogP contribution in [0.1, 0.15) is 31.9 Å². The van der Waals surface area contributed by atoms with Crippen molar-refractivity contribution in [2.24, 2.45) is 5.73 Å². The van der Waals surface area contributed by atoms with Crippen LogP contribution < -0.4 is 10.5 Å². The Morgan fingerprint density at radius 2 is 2.22 bits per heavy atom. The number of carbonyl (C=O) groups is 1. The predicted molar refractivity (Wildman–Crippen MR) is 68.8 cm³/mol. The first-order valence-electron chi connectivity index (χ1n) is 6.03. The van der Waals surface area contributed by atoms with Gasteiger partial charge in [0.05, 0.1) is 0 Å². The Bertz CT molecular complexity index is 492. The maximum atomic E-state index is 11.0. The Morgan fingerprint density at radius 3 is 2.83 bits per heavy atom. The van der Waals surface area contributed by atoms with E-state index in [0.717, 1.165) is 23.3 Å². The molecule has 4 nitrogen and oxygen atoms in total. The van der Waals surface area contributed by atoms with E-state index in [1.54, 1.807) is 0 Å². The van der Waals surface area contributed by atoms with Crippen LogP contribution in [0.25, 0.3) is 0 Å². The van der Waals surface area contributed by atoms with E-state index in [-0.39, 0.29) is 5.60 Å². The van der Waals surface area contributed by atoms with E-state index in [2.05, 4.69) is 0 Å². The Balaban J connectivity index is 2.22. The van der Waals surface area contributed by atoms with Crippen LogP contribution in [0.15, 0.2) is 18.2 Å². The second kappa shape index (κ2) is 3.99. The summed E-state index contributed by atoms with van der Waals surface area (Å²) in [6.45, 7) is 5.61. The number of aliphatic carboxylic acids is 1. The van der Waals surface area contributed by atoms with Crippen molar-refractivity contribution >= 4 is 5.97 Å². The lowest BCUT2D eigenvalue weighted by molar-refractivity contribution is -0.142. The van der Waals surface area contributed by atoms with E-state index in [9.17, 15) is 4.79 Å². The number of rotatable bonds is 3. The van der Waals surface area contributed by atoms with Crippen molar-refractivity contribution in [2.75, 3.05) is 0 Å². The number of hydrogen-bond acceptors (Lipinski definition) is 3. The molecule has 2 rings (SSSR count). The van der Waals surface area contributed by atoms with Gasteiger partial charge in [-0.15, -0.1) is 0 Å². The molecule has 0 aromatic heterocycles. The second-order valence-corrected chi connectivity index (χ2v) is 5.88. The molecule has 1 aromatic rings. The molecule has 3 N–H and O–H groups in total. The molecule has 1 heterocycles. The van der Waals surface area contributed by atoms with Crippen molar-refractivity contribution in [1.82, 2.24) is 0 Å². The number of carboxylic acids is 1. The minimum Gasteiger partial charge on any atom is -0.487 e. The number of hydrogen-bond donors (Lipinski definition) is 2. The Kier molecular flexibility index (Phi) is 2.86. The van der Waals surface area contributed by atoms with Gasteiger partial charge < -0.3 is 15.6 Å². The fraction of sp³-hybridized carbons (Fsp3) is 0.500. The van der Waals surface area contributed by atoms with Crippen LogP contribution in [0.2, 0.25) is 0 Å². The van der Waals surface area contributed by atoms with Crippen LogP contribution >= 0.6 is 0 Å². The maximum Gasteiger partial charge on any atom is 0.323 e. The minimum absolute atomic E-state index is 0.181. The summed E-state index contributed by atoms with van der Waals surface area (Å²) in [5, 5.41) is 9.03. The number of carboxylic acid groups (broad SMARTS) is 1. The first-order chi connectivity index (χ1) is 8.20. The van der Waals surface area contributed by atoms with E-state index in [4.69, 9.17) is 15.6 Å². The van der Waals surface area contributed by atoms with Gasteiger partial charge in [0.15, 0.2) is 0 Å². The zero-order valence-corrected chi connectivity index (χ0v) is 11.0. The fourth-order valence-electron chi connectivity index (χ4n) is 2.27. The van der Waals surface area contributed by atoms with E-state index >= 15 is 0 Å². The topological polar surface area (TPSA) is 72.6 Å². The SMILES string of the molecule is CC1(C)Cc2cc(CC(C)(N)C(=O)O)ccc2O1. The van der Waals surface area contributed by atoms with Gasteiger partial charge in [-0.05, 0) is 38.0 Å². The lowest BCUT2D eigenvalue weighted by atomic mass is 9.92. The van der Waals surface area contributed by atoms with Gasteiger partial charge in [-0.25, -0.2) is 0 Å². The lowest BCUT2D eigenvalue weighted by Crippen LogP contribution is -2.46. The zero-order valence-electron chi connectivity index (χ0n) is 11.0. The van der Waals surface area contributed by atoms with Crippen LogP contribution in [0.5, 0.6) is 5.75 Å². The van der Waals surface area contributed by atoms with Gasteiger partial charge in [-0.3, -0.25) is 4.79 Å². The van der Waals surface area contributed by atoms with Gasteiger partial charge in [0.2, 0.25) is 0 Å². The van der Waals surface area contributed by atoms with E-state index in [0.29, 0.717) is 6.42 Å². The lowest BCUT2D eigenvalue weighted by Gasteiger charge is -2.19. The molecule has 1 aromatic carbocycles. The van der Waals surface area contributed by atoms with Crippen LogP contribution in [0.4, 0.5) is 0 Å². The summed E-state index contributed by atoms with van der Waals surface area (Å²) >= 11 is 0. The van der Waals surface area contributed by atoms with E-state index in [1.165, 1.54) is 6.92 Å². The van der Waals surface area contributed by atoms with Crippen LogP contribution in [-0.4, -0.2) is 22.2 Å². The third kappa shape index (κ3) is 2.48. The molecule has 0 aliphatic carbocycles. The first kappa shape index (κ1) is 12.9. The van der Waals surface area contributed by atoms with Gasteiger partial charge in [-0.1, -0.05) is 12.1 Å². The number of nitrogens with two attached hydrogens (primary N) is 1. The molecule has 1 unspecified atom stereocenters. The third-order valence-corrected chi connectivity index (χ3v) is 3.19. The maximum absolute atomic E-state index is 11.0. The molecule has 0 saturated carbocycles. The van der Waals surface area contributed by atoms with Crippen molar-refractivity contribution in [3.63, 3.8) is 0 Å². The highest BCUT2D eigenvalue weighted by molar-refractivity contribution is 5.78. The summed E-state index contributed by atoms with van der Waals surface area (Å²) in [4.78, 5) is 11.0. The minimum atomic E-state index is -1.23. The summed E-state index contributed by atoms with van der Waals surface area (Å²) in [5.74, 6) is -0.0997. The molecular formula is C14H19NO3. The summed E-state index contributed by atoms with van der Waals surface area (Å²) in [6.07, 6.45) is 1.15. The summed E-state index contributed by atoms with van der Waals surface area (Å²) in [7, 11) is 0. The third-order valence-electron chi connectivity index (χ3n) is 3.19. The molecule has 1 aliphatic heterocycles. The number of fused-ring (bicyclic) bond motifs is 1. The fourth-order valence-corrected chi connectivity index (χ4v) is 2.27. The van der Waals surface area contributed by atoms with E-state index < -0.39 is 11.5 Å². The summed E-state index contributed by atoms with van der Waals surface area (Å²) < 4.78 is 5.78. The molecule has 0 spiro atoms. The zero-order chi connectivity index (χ0) is 13.6. The largest absolute Gasteiger partial charge is 0.487 e. The smallest absolute Gasteiger partial charge is 0.323 e. The van der Waals surface area contributed by atoms with Crippen LogP contribution in [0, 0.1) is 0 Å². The number of benzene rings is 1. The molecule has 0 saturated heterocycles. The molecular weight excluding hydrogens is 230 g/mol. The standard InChI is InChI=1S/C14H19NO3/c1-13(2)8-10-6-9(4-5-11(10)18-13)7-14(3,15)12(16)17/h4-6H,7-8,15H2,1-3H3,(H,16,17). The Labute approximate surface area is 107 Å². The number of ether oxygens (including phenoxy) is 1. The quantitative estimate of drug-likeness (QED) is 0.856. The average molecular weight is 249 g/mol. The highest BCUT2D eigenvalue weighted by atomic mass is 16.5. The second-order valence-electron chi connectivity index (χ2n) is 5.88. The molecule has 1 aliphatic rings. The van der Waals surface area contributed by atoms with Crippen molar-refractivity contribution in [1.29, 1.82) is 0 Å². The van der Waals surface area contributed by atoms with Gasteiger partial charge in [0, 0.05) is 12.8 Å². The molecule has 4 heteroatoms. The van der Waals surface area contributed by atoms with Crippen molar-refractivity contribution in [3.8, 4) is 5.75 Å². The van der Waals surface area contributed by atoms with Crippen LogP contribution in [-0.2, 0) is 17.6 Å². The molecule has 0 amide bonds. The van der Waals surface area contributed by atoms with Gasteiger partial charge in [0.1, 0.15) is 16.9 Å². The molecule has 0 fully saturated rings. The normalized spacial score (nSPS) is 19.8. The Morgan fingerprint density at radius 1 is 1.56 bits per heavy atom. The van der Waals surface area contributed by atoms with Crippen molar-refractivity contribution in [3.05, 3.63) is 29.3 Å². The van der Waals surface area contributed by atoms with Crippen molar-refractivity contribution in [2.45, 2.75) is 44.8 Å². The monoisotopic (exact) mass is 249 g/mol. The molecule has 98 valence electrons.